The first kappa shape index (κ1) is 16.0. The van der Waals surface area contributed by atoms with Crippen molar-refractivity contribution in [2.24, 2.45) is 0 Å². The van der Waals surface area contributed by atoms with Gasteiger partial charge in [0.15, 0.2) is 0 Å². The van der Waals surface area contributed by atoms with Gasteiger partial charge in [-0.1, -0.05) is 25.1 Å². The van der Waals surface area contributed by atoms with Crippen LogP contribution in [0.1, 0.15) is 33.3 Å². The lowest BCUT2D eigenvalue weighted by Gasteiger charge is -2.35. The van der Waals surface area contributed by atoms with Crippen LogP contribution in [0.2, 0.25) is 0 Å². The minimum Gasteiger partial charge on any atom is -0.496 e. The molecule has 1 aromatic rings. The molecular formula is C16H27NO2. The molecule has 1 atom stereocenters. The summed E-state index contributed by atoms with van der Waals surface area (Å²) in [6.07, 6.45) is 0.894. The standard InChI is InChI=1S/C16H27NO2/c1-6-17-15(16(3,4)19-7-2)12-13-10-8-9-11-14(13)18-5/h8-11,15,17H,6-7,12H2,1-5H3. The summed E-state index contributed by atoms with van der Waals surface area (Å²) in [7, 11) is 1.72. The second-order valence-electron chi connectivity index (χ2n) is 5.16. The lowest BCUT2D eigenvalue weighted by atomic mass is 9.91. The topological polar surface area (TPSA) is 30.5 Å². The predicted octanol–water partition coefficient (Wildman–Crippen LogP) is 3.03. The molecule has 0 spiro atoms. The van der Waals surface area contributed by atoms with E-state index in [2.05, 4.69) is 38.2 Å². The van der Waals surface area contributed by atoms with Crippen LogP contribution in [0, 0.1) is 0 Å². The first-order valence-electron chi connectivity index (χ1n) is 7.04. The quantitative estimate of drug-likeness (QED) is 0.783. The summed E-state index contributed by atoms with van der Waals surface area (Å²) < 4.78 is 11.3. The summed E-state index contributed by atoms with van der Waals surface area (Å²) in [4.78, 5) is 0. The molecule has 0 bridgehead atoms. The van der Waals surface area contributed by atoms with E-state index in [0.717, 1.165) is 25.3 Å². The van der Waals surface area contributed by atoms with Gasteiger partial charge in [-0.15, -0.1) is 0 Å². The molecule has 0 saturated carbocycles. The molecule has 0 radical (unpaired) electrons. The van der Waals surface area contributed by atoms with E-state index in [1.807, 2.05) is 19.1 Å². The van der Waals surface area contributed by atoms with E-state index in [1.165, 1.54) is 5.56 Å². The van der Waals surface area contributed by atoms with E-state index in [1.54, 1.807) is 7.11 Å². The highest BCUT2D eigenvalue weighted by Gasteiger charge is 2.30. The van der Waals surface area contributed by atoms with Crippen LogP contribution in [0.4, 0.5) is 0 Å². The molecule has 0 fully saturated rings. The third kappa shape index (κ3) is 4.51. The molecule has 1 unspecified atom stereocenters. The summed E-state index contributed by atoms with van der Waals surface area (Å²) in [6, 6.07) is 8.43. The highest BCUT2D eigenvalue weighted by atomic mass is 16.5. The van der Waals surface area contributed by atoms with Gasteiger partial charge in [-0.05, 0) is 45.4 Å². The molecule has 3 nitrogen and oxygen atoms in total. The van der Waals surface area contributed by atoms with Gasteiger partial charge in [0.1, 0.15) is 5.75 Å². The molecule has 1 aromatic carbocycles. The zero-order valence-electron chi connectivity index (χ0n) is 12.8. The van der Waals surface area contributed by atoms with Gasteiger partial charge in [-0.2, -0.15) is 0 Å². The predicted molar refractivity (Wildman–Crippen MR) is 79.9 cm³/mol. The van der Waals surface area contributed by atoms with Crippen molar-refractivity contribution >= 4 is 0 Å². The highest BCUT2D eigenvalue weighted by Crippen LogP contribution is 2.24. The van der Waals surface area contributed by atoms with E-state index in [-0.39, 0.29) is 11.6 Å². The van der Waals surface area contributed by atoms with Gasteiger partial charge in [0, 0.05) is 12.6 Å². The number of rotatable bonds is 8. The highest BCUT2D eigenvalue weighted by molar-refractivity contribution is 5.34. The van der Waals surface area contributed by atoms with Crippen molar-refractivity contribution in [3.63, 3.8) is 0 Å². The van der Waals surface area contributed by atoms with Gasteiger partial charge < -0.3 is 14.8 Å². The van der Waals surface area contributed by atoms with Gasteiger partial charge in [-0.25, -0.2) is 0 Å². The molecule has 0 aromatic heterocycles. The van der Waals surface area contributed by atoms with E-state index in [0.29, 0.717) is 0 Å². The number of hydrogen-bond acceptors (Lipinski definition) is 3. The van der Waals surface area contributed by atoms with E-state index in [4.69, 9.17) is 9.47 Å². The van der Waals surface area contributed by atoms with Crippen molar-refractivity contribution in [2.45, 2.75) is 45.8 Å². The van der Waals surface area contributed by atoms with Crippen molar-refractivity contribution in [2.75, 3.05) is 20.3 Å². The van der Waals surface area contributed by atoms with Crippen molar-refractivity contribution < 1.29 is 9.47 Å². The molecule has 0 heterocycles. The molecule has 0 saturated heterocycles. The second kappa shape index (κ2) is 7.51. The van der Waals surface area contributed by atoms with Crippen LogP contribution in [0.25, 0.3) is 0 Å². The van der Waals surface area contributed by atoms with Gasteiger partial charge in [0.05, 0.1) is 12.7 Å². The minimum atomic E-state index is -0.203. The SMILES string of the molecule is CCNC(Cc1ccccc1OC)C(C)(C)OCC. The first-order chi connectivity index (χ1) is 9.05. The van der Waals surface area contributed by atoms with E-state index in [9.17, 15) is 0 Å². The van der Waals surface area contributed by atoms with Crippen molar-refractivity contribution in [3.05, 3.63) is 29.8 Å². The molecule has 0 aliphatic carbocycles. The molecule has 1 N–H and O–H groups in total. The van der Waals surface area contributed by atoms with Crippen LogP contribution < -0.4 is 10.1 Å². The Kier molecular flexibility index (Phi) is 6.32. The Balaban J connectivity index is 2.89. The van der Waals surface area contributed by atoms with Crippen molar-refractivity contribution in [3.8, 4) is 5.75 Å². The summed E-state index contributed by atoms with van der Waals surface area (Å²) >= 11 is 0. The Hall–Kier alpha value is -1.06. The average Bonchev–Trinajstić information content (AvgIpc) is 2.38. The normalized spacial score (nSPS) is 13.3. The maximum Gasteiger partial charge on any atom is 0.122 e. The lowest BCUT2D eigenvalue weighted by Crippen LogP contribution is -2.50. The third-order valence-electron chi connectivity index (χ3n) is 3.42. The fraction of sp³-hybridized carbons (Fsp3) is 0.625. The number of hydrogen-bond donors (Lipinski definition) is 1. The number of nitrogens with one attached hydrogen (secondary N) is 1. The maximum absolute atomic E-state index is 5.89. The fourth-order valence-electron chi connectivity index (χ4n) is 2.37. The smallest absolute Gasteiger partial charge is 0.122 e. The van der Waals surface area contributed by atoms with Crippen LogP contribution in [0.3, 0.4) is 0 Å². The first-order valence-corrected chi connectivity index (χ1v) is 7.04. The molecular weight excluding hydrogens is 238 g/mol. The van der Waals surface area contributed by atoms with Crippen molar-refractivity contribution in [1.29, 1.82) is 0 Å². The van der Waals surface area contributed by atoms with Crippen LogP contribution >= 0.6 is 0 Å². The summed E-state index contributed by atoms with van der Waals surface area (Å²) in [5.41, 5.74) is 1.01. The zero-order chi connectivity index (χ0) is 14.3. The molecule has 19 heavy (non-hydrogen) atoms. The van der Waals surface area contributed by atoms with Crippen LogP contribution in [0.15, 0.2) is 24.3 Å². The fourth-order valence-corrected chi connectivity index (χ4v) is 2.37. The molecule has 0 aliphatic heterocycles. The Bertz CT molecular complexity index is 377. The Labute approximate surface area is 117 Å². The van der Waals surface area contributed by atoms with Gasteiger partial charge >= 0.3 is 0 Å². The van der Waals surface area contributed by atoms with Crippen LogP contribution in [-0.4, -0.2) is 31.9 Å². The largest absolute Gasteiger partial charge is 0.496 e. The number of ether oxygens (including phenoxy) is 2. The van der Waals surface area contributed by atoms with Crippen molar-refractivity contribution in [1.82, 2.24) is 5.32 Å². The summed E-state index contributed by atoms with van der Waals surface area (Å²) in [6.45, 7) is 10.1. The Morgan fingerprint density at radius 2 is 1.89 bits per heavy atom. The monoisotopic (exact) mass is 265 g/mol. The molecule has 0 aliphatic rings. The number of benzene rings is 1. The zero-order valence-corrected chi connectivity index (χ0v) is 12.8. The summed E-state index contributed by atoms with van der Waals surface area (Å²) in [5, 5.41) is 3.53. The minimum absolute atomic E-state index is 0.203. The number of methoxy groups -OCH3 is 1. The molecule has 0 amide bonds. The number of para-hydroxylation sites is 1. The molecule has 108 valence electrons. The number of likely N-dealkylation sites (N-methyl/N-ethyl adjacent to an activating group) is 1. The third-order valence-corrected chi connectivity index (χ3v) is 3.42. The van der Waals surface area contributed by atoms with Gasteiger partial charge in [0.25, 0.3) is 0 Å². The van der Waals surface area contributed by atoms with E-state index >= 15 is 0 Å². The van der Waals surface area contributed by atoms with Crippen LogP contribution in [0.5, 0.6) is 5.75 Å². The molecule has 3 heteroatoms. The lowest BCUT2D eigenvalue weighted by molar-refractivity contribution is -0.0377. The van der Waals surface area contributed by atoms with Crippen LogP contribution in [-0.2, 0) is 11.2 Å². The summed E-state index contributed by atoms with van der Waals surface area (Å²) in [5.74, 6) is 0.942. The second-order valence-corrected chi connectivity index (χ2v) is 5.16. The van der Waals surface area contributed by atoms with Gasteiger partial charge in [-0.3, -0.25) is 0 Å². The van der Waals surface area contributed by atoms with Gasteiger partial charge in [0.2, 0.25) is 0 Å². The maximum atomic E-state index is 5.89. The van der Waals surface area contributed by atoms with E-state index < -0.39 is 0 Å². The average molecular weight is 265 g/mol. The Morgan fingerprint density at radius 3 is 2.47 bits per heavy atom. The Morgan fingerprint density at radius 1 is 1.21 bits per heavy atom. The molecule has 1 rings (SSSR count).